The van der Waals surface area contributed by atoms with Crippen molar-refractivity contribution in [2.24, 2.45) is 5.92 Å². The molecule has 164 valence electrons. The molecule has 2 aromatic rings. The summed E-state index contributed by atoms with van der Waals surface area (Å²) in [4.78, 5) is 2.49. The molecule has 1 aliphatic rings. The second-order valence-corrected chi connectivity index (χ2v) is 8.07. The number of rotatable bonds is 4. The SMILES string of the molecule is CC(C)C[C@H]1COCCOc2ccccc2OCCOCCN1Cc1ccccc1. The Balaban J connectivity index is 1.67. The van der Waals surface area contributed by atoms with E-state index in [1.54, 1.807) is 0 Å². The molecule has 0 saturated carbocycles. The largest absolute Gasteiger partial charge is 0.487 e. The minimum absolute atomic E-state index is 0.336. The van der Waals surface area contributed by atoms with Gasteiger partial charge in [0.05, 0.1) is 26.4 Å². The van der Waals surface area contributed by atoms with Crippen LogP contribution < -0.4 is 9.47 Å². The van der Waals surface area contributed by atoms with Gasteiger partial charge in [0.25, 0.3) is 0 Å². The standard InChI is InChI=1S/C25H35NO4/c1-21(2)18-23-20-28-15-17-30-25-11-7-6-10-24(25)29-16-14-27-13-12-26(23)19-22-8-4-3-5-9-22/h3-11,21,23H,12-20H2,1-2H3/t23-/m0/s1. The molecule has 0 amide bonds. The Kier molecular flexibility index (Phi) is 9.48. The van der Waals surface area contributed by atoms with Crippen molar-refractivity contribution in [1.82, 2.24) is 4.90 Å². The average molecular weight is 414 g/mol. The molecule has 0 N–H and O–H groups in total. The third-order valence-corrected chi connectivity index (χ3v) is 5.14. The Hall–Kier alpha value is -2.08. The normalized spacial score (nSPS) is 19.8. The van der Waals surface area contributed by atoms with Gasteiger partial charge in [0, 0.05) is 19.1 Å². The Morgan fingerprint density at radius 2 is 1.43 bits per heavy atom. The van der Waals surface area contributed by atoms with Crippen LogP contribution in [0.3, 0.4) is 0 Å². The zero-order valence-corrected chi connectivity index (χ0v) is 18.3. The summed E-state index contributed by atoms with van der Waals surface area (Å²) in [6.07, 6.45) is 1.08. The summed E-state index contributed by atoms with van der Waals surface area (Å²) in [7, 11) is 0. The van der Waals surface area contributed by atoms with Gasteiger partial charge in [-0.2, -0.15) is 0 Å². The van der Waals surface area contributed by atoms with E-state index in [4.69, 9.17) is 18.9 Å². The van der Waals surface area contributed by atoms with E-state index in [9.17, 15) is 0 Å². The van der Waals surface area contributed by atoms with Crippen molar-refractivity contribution < 1.29 is 18.9 Å². The minimum Gasteiger partial charge on any atom is -0.487 e. The van der Waals surface area contributed by atoms with E-state index in [0.717, 1.165) is 31.0 Å². The van der Waals surface area contributed by atoms with Gasteiger partial charge in [-0.25, -0.2) is 0 Å². The van der Waals surface area contributed by atoms with E-state index in [1.807, 2.05) is 24.3 Å². The van der Waals surface area contributed by atoms with Gasteiger partial charge in [-0.1, -0.05) is 56.3 Å². The van der Waals surface area contributed by atoms with Crippen LogP contribution in [0.25, 0.3) is 0 Å². The van der Waals surface area contributed by atoms with Crippen LogP contribution in [-0.4, -0.2) is 57.1 Å². The van der Waals surface area contributed by atoms with Crippen molar-refractivity contribution in [2.45, 2.75) is 32.9 Å². The fourth-order valence-corrected chi connectivity index (χ4v) is 3.69. The first-order chi connectivity index (χ1) is 14.7. The smallest absolute Gasteiger partial charge is 0.161 e. The van der Waals surface area contributed by atoms with E-state index in [2.05, 4.69) is 49.1 Å². The summed E-state index contributed by atoms with van der Waals surface area (Å²) >= 11 is 0. The Bertz CT molecular complexity index is 722. The topological polar surface area (TPSA) is 40.2 Å². The van der Waals surface area contributed by atoms with E-state index in [1.165, 1.54) is 5.56 Å². The number of nitrogens with zero attached hydrogens (tertiary/aromatic N) is 1. The molecule has 0 bridgehead atoms. The molecule has 0 spiro atoms. The average Bonchev–Trinajstić information content (AvgIpc) is 2.75. The Morgan fingerprint density at radius 3 is 2.10 bits per heavy atom. The van der Waals surface area contributed by atoms with E-state index in [-0.39, 0.29) is 0 Å². The van der Waals surface area contributed by atoms with Gasteiger partial charge in [0.1, 0.15) is 13.2 Å². The van der Waals surface area contributed by atoms with Crippen LogP contribution in [0.4, 0.5) is 0 Å². The van der Waals surface area contributed by atoms with E-state index >= 15 is 0 Å². The van der Waals surface area contributed by atoms with Crippen molar-refractivity contribution >= 4 is 0 Å². The van der Waals surface area contributed by atoms with Gasteiger partial charge in [-0.05, 0) is 30.0 Å². The number of ether oxygens (including phenoxy) is 4. The summed E-state index contributed by atoms with van der Waals surface area (Å²) < 4.78 is 23.7. The maximum atomic E-state index is 6.06. The molecule has 1 aliphatic heterocycles. The van der Waals surface area contributed by atoms with Crippen LogP contribution in [0.1, 0.15) is 25.8 Å². The fourth-order valence-electron chi connectivity index (χ4n) is 3.69. The van der Waals surface area contributed by atoms with Crippen LogP contribution in [0.2, 0.25) is 0 Å². The van der Waals surface area contributed by atoms with Crippen molar-refractivity contribution in [3.8, 4) is 11.5 Å². The fraction of sp³-hybridized carbons (Fsp3) is 0.520. The molecule has 0 fully saturated rings. The third kappa shape index (κ3) is 7.63. The number of hydrogen-bond donors (Lipinski definition) is 0. The predicted octanol–water partition coefficient (Wildman–Crippen LogP) is 4.41. The molecule has 0 radical (unpaired) electrons. The molecule has 0 unspecified atom stereocenters. The summed E-state index contributed by atoms with van der Waals surface area (Å²) in [5, 5.41) is 0. The highest BCUT2D eigenvalue weighted by molar-refractivity contribution is 5.39. The zero-order chi connectivity index (χ0) is 21.0. The Morgan fingerprint density at radius 1 is 0.800 bits per heavy atom. The number of benzene rings is 2. The summed E-state index contributed by atoms with van der Waals surface area (Å²) in [6.45, 7) is 9.77. The van der Waals surface area contributed by atoms with Crippen LogP contribution >= 0.6 is 0 Å². The van der Waals surface area contributed by atoms with Gasteiger partial charge in [0.15, 0.2) is 11.5 Å². The lowest BCUT2D eigenvalue weighted by Crippen LogP contribution is -2.41. The zero-order valence-electron chi connectivity index (χ0n) is 18.3. The summed E-state index contributed by atoms with van der Waals surface area (Å²) in [5.74, 6) is 2.09. The quantitative estimate of drug-likeness (QED) is 0.743. The molecular weight excluding hydrogens is 378 g/mol. The second kappa shape index (κ2) is 12.6. The van der Waals surface area contributed by atoms with Gasteiger partial charge in [-0.3, -0.25) is 4.90 Å². The number of fused-ring (bicyclic) bond motifs is 1. The first kappa shape index (κ1) is 22.6. The molecule has 5 nitrogen and oxygen atoms in total. The lowest BCUT2D eigenvalue weighted by atomic mass is 10.0. The monoisotopic (exact) mass is 413 g/mol. The molecule has 0 saturated heterocycles. The summed E-state index contributed by atoms with van der Waals surface area (Å²) in [6, 6.07) is 18.7. The number of hydrogen-bond acceptors (Lipinski definition) is 5. The van der Waals surface area contributed by atoms with Crippen molar-refractivity contribution in [3.05, 3.63) is 60.2 Å². The second-order valence-electron chi connectivity index (χ2n) is 8.07. The highest BCUT2D eigenvalue weighted by Crippen LogP contribution is 2.26. The minimum atomic E-state index is 0.336. The highest BCUT2D eigenvalue weighted by Gasteiger charge is 2.21. The van der Waals surface area contributed by atoms with E-state index in [0.29, 0.717) is 51.6 Å². The van der Waals surface area contributed by atoms with Crippen LogP contribution in [0.5, 0.6) is 11.5 Å². The molecule has 1 heterocycles. The first-order valence-electron chi connectivity index (χ1n) is 11.0. The van der Waals surface area contributed by atoms with Crippen LogP contribution in [-0.2, 0) is 16.0 Å². The van der Waals surface area contributed by atoms with Gasteiger partial charge in [-0.15, -0.1) is 0 Å². The molecule has 0 aliphatic carbocycles. The Labute approximate surface area is 180 Å². The molecule has 1 atom stereocenters. The lowest BCUT2D eigenvalue weighted by molar-refractivity contribution is 0.0172. The maximum Gasteiger partial charge on any atom is 0.161 e. The number of para-hydroxylation sites is 2. The molecule has 2 aromatic carbocycles. The van der Waals surface area contributed by atoms with Gasteiger partial charge in [0.2, 0.25) is 0 Å². The molecule has 5 heteroatoms. The molecule has 3 rings (SSSR count). The van der Waals surface area contributed by atoms with Gasteiger partial charge >= 0.3 is 0 Å². The van der Waals surface area contributed by atoms with Crippen LogP contribution in [0, 0.1) is 5.92 Å². The van der Waals surface area contributed by atoms with Crippen molar-refractivity contribution in [1.29, 1.82) is 0 Å². The van der Waals surface area contributed by atoms with Crippen molar-refractivity contribution in [3.63, 3.8) is 0 Å². The lowest BCUT2D eigenvalue weighted by Gasteiger charge is -2.33. The highest BCUT2D eigenvalue weighted by atomic mass is 16.6. The first-order valence-corrected chi connectivity index (χ1v) is 11.0. The molecule has 30 heavy (non-hydrogen) atoms. The van der Waals surface area contributed by atoms with E-state index < -0.39 is 0 Å². The molecule has 0 aromatic heterocycles. The third-order valence-electron chi connectivity index (χ3n) is 5.14. The predicted molar refractivity (Wildman–Crippen MR) is 119 cm³/mol. The maximum absolute atomic E-state index is 6.06. The van der Waals surface area contributed by atoms with Crippen LogP contribution in [0.15, 0.2) is 54.6 Å². The summed E-state index contributed by atoms with van der Waals surface area (Å²) in [5.41, 5.74) is 1.31. The van der Waals surface area contributed by atoms with Crippen molar-refractivity contribution in [2.75, 3.05) is 46.2 Å². The molecular formula is C25H35NO4. The van der Waals surface area contributed by atoms with Gasteiger partial charge < -0.3 is 18.9 Å².